The predicted octanol–water partition coefficient (Wildman–Crippen LogP) is 2.04. The average molecular weight is 515 g/mol. The van der Waals surface area contributed by atoms with Crippen LogP contribution in [-0.2, 0) is 24.3 Å². The number of halogens is 1. The van der Waals surface area contributed by atoms with Gasteiger partial charge in [0.15, 0.2) is 6.61 Å². The molecule has 12 heteroatoms. The number of hydrogen-bond donors (Lipinski definition) is 1. The number of nitrogens with one attached hydrogen (secondary N) is 1. The van der Waals surface area contributed by atoms with Crippen molar-refractivity contribution in [3.63, 3.8) is 0 Å². The molecule has 0 spiro atoms. The molecule has 168 valence electrons. The quantitative estimate of drug-likeness (QED) is 0.561. The monoisotopic (exact) mass is 514 g/mol. The van der Waals surface area contributed by atoms with E-state index in [-0.39, 0.29) is 29.6 Å². The number of hydrogen-bond acceptors (Lipinski definition) is 7. The van der Waals surface area contributed by atoms with Gasteiger partial charge >= 0.3 is 5.97 Å². The first-order valence-corrected chi connectivity index (χ1v) is 11.8. The lowest BCUT2D eigenvalue weighted by molar-refractivity contribution is -0.119. The summed E-state index contributed by atoms with van der Waals surface area (Å²) in [5.74, 6) is -0.856. The van der Waals surface area contributed by atoms with E-state index in [1.807, 2.05) is 13.8 Å². The normalized spacial score (nSPS) is 15.1. The highest BCUT2D eigenvalue weighted by Gasteiger charge is 2.29. The van der Waals surface area contributed by atoms with Gasteiger partial charge in [-0.15, -0.1) is 0 Å². The fourth-order valence-electron chi connectivity index (χ4n) is 2.97. The molecule has 0 bridgehead atoms. The number of rotatable bonds is 7. The molecule has 2 heterocycles. The summed E-state index contributed by atoms with van der Waals surface area (Å²) in [5.41, 5.74) is 0.0232. The molecule has 3 rings (SSSR count). The Hall–Kier alpha value is -2.28. The number of benzene rings is 1. The molecular weight excluding hydrogens is 492 g/mol. The summed E-state index contributed by atoms with van der Waals surface area (Å²) >= 11 is 3.23. The molecule has 1 saturated heterocycles. The van der Waals surface area contributed by atoms with Crippen LogP contribution in [0.4, 0.5) is 5.82 Å². The molecule has 1 N–H and O–H groups in total. The summed E-state index contributed by atoms with van der Waals surface area (Å²) in [4.78, 5) is 24.5. The van der Waals surface area contributed by atoms with Gasteiger partial charge in [0.2, 0.25) is 10.0 Å². The fourth-order valence-corrected chi connectivity index (χ4v) is 5.33. The zero-order chi connectivity index (χ0) is 22.6. The molecule has 1 aliphatic rings. The number of carbonyl (C=O) groups is 2. The lowest BCUT2D eigenvalue weighted by Gasteiger charge is -2.26. The van der Waals surface area contributed by atoms with E-state index in [0.717, 1.165) is 0 Å². The maximum absolute atomic E-state index is 12.9. The fraction of sp³-hybridized carbons (Fsp3) is 0.421. The van der Waals surface area contributed by atoms with Crippen molar-refractivity contribution in [2.75, 3.05) is 38.2 Å². The molecule has 10 nitrogen and oxygen atoms in total. The molecule has 1 amide bonds. The van der Waals surface area contributed by atoms with Gasteiger partial charge < -0.3 is 14.8 Å². The third-order valence-corrected chi connectivity index (χ3v) is 7.41. The highest BCUT2D eigenvalue weighted by molar-refractivity contribution is 9.10. The number of sulfonamides is 1. The first-order chi connectivity index (χ1) is 14.7. The van der Waals surface area contributed by atoms with Crippen molar-refractivity contribution in [2.24, 2.45) is 0 Å². The highest BCUT2D eigenvalue weighted by Crippen LogP contribution is 2.27. The molecule has 2 aromatic rings. The Morgan fingerprint density at radius 3 is 2.65 bits per heavy atom. The van der Waals surface area contributed by atoms with Gasteiger partial charge in [-0.05, 0) is 48.0 Å². The van der Waals surface area contributed by atoms with Crippen molar-refractivity contribution in [1.82, 2.24) is 14.1 Å². The molecule has 1 fully saturated rings. The first-order valence-electron chi connectivity index (χ1n) is 9.58. The second-order valence-corrected chi connectivity index (χ2v) is 9.80. The van der Waals surface area contributed by atoms with Gasteiger partial charge in [-0.3, -0.25) is 4.79 Å². The molecule has 0 radical (unpaired) electrons. The summed E-state index contributed by atoms with van der Waals surface area (Å²) in [6, 6.07) is 5.81. The smallest absolute Gasteiger partial charge is 0.338 e. The Kier molecular flexibility index (Phi) is 7.46. The van der Waals surface area contributed by atoms with E-state index in [9.17, 15) is 18.0 Å². The Morgan fingerprint density at radius 1 is 1.26 bits per heavy atom. The van der Waals surface area contributed by atoms with E-state index in [0.29, 0.717) is 23.5 Å². The zero-order valence-corrected chi connectivity index (χ0v) is 19.5. The summed E-state index contributed by atoms with van der Waals surface area (Å²) < 4.78 is 39.4. The Bertz CT molecular complexity index is 1060. The summed E-state index contributed by atoms with van der Waals surface area (Å²) in [6.45, 7) is 4.39. The van der Waals surface area contributed by atoms with E-state index in [4.69, 9.17) is 9.47 Å². The minimum atomic E-state index is -3.82. The van der Waals surface area contributed by atoms with E-state index < -0.39 is 28.5 Å². The number of carbonyl (C=O) groups excluding carboxylic acids is 2. The van der Waals surface area contributed by atoms with Crippen LogP contribution in [0.2, 0.25) is 0 Å². The number of esters is 1. The number of morpholine rings is 1. The maximum atomic E-state index is 12.9. The number of aromatic nitrogens is 2. The van der Waals surface area contributed by atoms with Crippen molar-refractivity contribution < 1.29 is 27.5 Å². The van der Waals surface area contributed by atoms with Crippen LogP contribution >= 0.6 is 15.9 Å². The number of nitrogens with zero attached hydrogens (tertiary/aromatic N) is 3. The highest BCUT2D eigenvalue weighted by atomic mass is 79.9. The molecule has 0 atom stereocenters. The van der Waals surface area contributed by atoms with Gasteiger partial charge in [0.25, 0.3) is 5.91 Å². The van der Waals surface area contributed by atoms with Crippen LogP contribution in [0.3, 0.4) is 0 Å². The van der Waals surface area contributed by atoms with Crippen molar-refractivity contribution >= 4 is 43.6 Å². The van der Waals surface area contributed by atoms with E-state index >= 15 is 0 Å². The predicted molar refractivity (Wildman–Crippen MR) is 115 cm³/mol. The van der Waals surface area contributed by atoms with Gasteiger partial charge in [-0.25, -0.2) is 17.9 Å². The number of ether oxygens (including phenoxy) is 2. The topological polar surface area (TPSA) is 120 Å². The second-order valence-electron chi connectivity index (χ2n) is 7.04. The van der Waals surface area contributed by atoms with Gasteiger partial charge in [0.05, 0.1) is 29.9 Å². The Balaban J connectivity index is 1.67. The van der Waals surface area contributed by atoms with Crippen molar-refractivity contribution in [2.45, 2.75) is 24.8 Å². The van der Waals surface area contributed by atoms with Gasteiger partial charge in [0.1, 0.15) is 5.82 Å². The van der Waals surface area contributed by atoms with Crippen LogP contribution in [0.5, 0.6) is 0 Å². The molecule has 0 saturated carbocycles. The lowest BCUT2D eigenvalue weighted by atomic mass is 10.2. The first kappa shape index (κ1) is 23.4. The van der Waals surface area contributed by atoms with Crippen molar-refractivity contribution in [3.8, 4) is 0 Å². The third-order valence-electron chi connectivity index (χ3n) is 4.52. The summed E-state index contributed by atoms with van der Waals surface area (Å²) in [7, 11) is -3.82. The van der Waals surface area contributed by atoms with Crippen LogP contribution in [-0.4, -0.2) is 67.3 Å². The van der Waals surface area contributed by atoms with Crippen LogP contribution < -0.4 is 5.32 Å². The van der Waals surface area contributed by atoms with Crippen molar-refractivity contribution in [3.05, 3.63) is 40.5 Å². The Labute approximate surface area is 188 Å². The molecule has 31 heavy (non-hydrogen) atoms. The lowest BCUT2D eigenvalue weighted by Crippen LogP contribution is -2.40. The van der Waals surface area contributed by atoms with Crippen LogP contribution in [0.25, 0.3) is 0 Å². The summed E-state index contributed by atoms with van der Waals surface area (Å²) in [6.07, 6.45) is 1.56. The van der Waals surface area contributed by atoms with Crippen LogP contribution in [0.15, 0.2) is 39.8 Å². The third kappa shape index (κ3) is 5.50. The van der Waals surface area contributed by atoms with Gasteiger partial charge in [-0.1, -0.05) is 0 Å². The zero-order valence-electron chi connectivity index (χ0n) is 17.1. The molecule has 0 unspecified atom stereocenters. The molecular formula is C19H23BrN4O6S. The van der Waals surface area contributed by atoms with E-state index in [1.54, 1.807) is 16.9 Å². The van der Waals surface area contributed by atoms with Crippen molar-refractivity contribution in [1.29, 1.82) is 0 Å². The molecule has 1 aromatic carbocycles. The molecule has 0 aliphatic carbocycles. The molecule has 1 aromatic heterocycles. The minimum absolute atomic E-state index is 0.0232. The maximum Gasteiger partial charge on any atom is 0.338 e. The van der Waals surface area contributed by atoms with Crippen LogP contribution in [0.1, 0.15) is 30.2 Å². The van der Waals surface area contributed by atoms with E-state index in [1.165, 1.54) is 22.5 Å². The van der Waals surface area contributed by atoms with Crippen LogP contribution in [0, 0.1) is 0 Å². The Morgan fingerprint density at radius 2 is 1.97 bits per heavy atom. The number of amides is 1. The summed E-state index contributed by atoms with van der Waals surface area (Å²) in [5, 5.41) is 6.74. The largest absolute Gasteiger partial charge is 0.452 e. The average Bonchev–Trinajstić information content (AvgIpc) is 3.21. The molecule has 1 aliphatic heterocycles. The number of anilines is 1. The SMILES string of the molecule is CC(C)n1nccc1NC(=O)COC(=O)c1ccc(Br)c(S(=O)(=O)N2CCOCC2)c1. The second kappa shape index (κ2) is 9.90. The standard InChI is InChI=1S/C19H23BrN4O6S/c1-13(2)24-17(5-6-21-24)22-18(25)12-30-19(26)14-3-4-15(20)16(11-14)31(27,28)23-7-9-29-10-8-23/h3-6,11,13H,7-10,12H2,1-2H3,(H,22,25). The van der Waals surface area contributed by atoms with Gasteiger partial charge in [-0.2, -0.15) is 9.40 Å². The van der Waals surface area contributed by atoms with Gasteiger partial charge in [0, 0.05) is 29.7 Å². The van der Waals surface area contributed by atoms with E-state index in [2.05, 4.69) is 26.3 Å². The minimum Gasteiger partial charge on any atom is -0.452 e.